The molecule has 0 bridgehead atoms. The Morgan fingerprint density at radius 1 is 1.30 bits per heavy atom. The number of rotatable bonds is 4. The van der Waals surface area contributed by atoms with Crippen LogP contribution >= 0.6 is 11.8 Å². The summed E-state index contributed by atoms with van der Waals surface area (Å²) < 4.78 is 42.3. The summed E-state index contributed by atoms with van der Waals surface area (Å²) in [4.78, 5) is 12.1. The Kier molecular flexibility index (Phi) is 5.22. The first-order chi connectivity index (χ1) is 10.8. The van der Waals surface area contributed by atoms with Gasteiger partial charge in [-0.25, -0.2) is 10.6 Å². The molecule has 0 saturated carbocycles. The summed E-state index contributed by atoms with van der Waals surface area (Å²) in [5.74, 6) is 4.39. The lowest BCUT2D eigenvalue weighted by atomic mass is 10.2. The molecule has 2 amide bonds. The van der Waals surface area contributed by atoms with Gasteiger partial charge in [0.1, 0.15) is 5.76 Å². The Bertz CT molecular complexity index is 701. The molecule has 124 valence electrons. The standard InChI is InChI=1S/C14H14F3N3O2S/c1-8-3-2-4-10(19-13(21)20-18)12(8)23-7-9-5-6-11(22-9)14(15,16)17/h2-6H,7,18H2,1H3,(H2,19,20,21). The maximum Gasteiger partial charge on any atom is 0.449 e. The second-order valence-corrected chi connectivity index (χ2v) is 5.59. The first-order valence-electron chi connectivity index (χ1n) is 6.47. The highest BCUT2D eigenvalue weighted by Crippen LogP contribution is 2.35. The van der Waals surface area contributed by atoms with Gasteiger partial charge >= 0.3 is 12.2 Å². The predicted octanol–water partition coefficient (Wildman–Crippen LogP) is 3.89. The largest absolute Gasteiger partial charge is 0.456 e. The average molecular weight is 345 g/mol. The second kappa shape index (κ2) is 6.97. The van der Waals surface area contributed by atoms with E-state index in [1.165, 1.54) is 17.8 Å². The number of furan rings is 1. The summed E-state index contributed by atoms with van der Waals surface area (Å²) in [6.45, 7) is 1.83. The molecule has 0 radical (unpaired) electrons. The van der Waals surface area contributed by atoms with Crippen LogP contribution in [0, 0.1) is 6.92 Å². The molecule has 4 N–H and O–H groups in total. The van der Waals surface area contributed by atoms with Gasteiger partial charge in [-0.15, -0.1) is 11.8 Å². The molecule has 0 atom stereocenters. The van der Waals surface area contributed by atoms with E-state index in [0.29, 0.717) is 5.69 Å². The average Bonchev–Trinajstić information content (AvgIpc) is 2.95. The van der Waals surface area contributed by atoms with Crippen LogP contribution in [0.15, 0.2) is 39.6 Å². The van der Waals surface area contributed by atoms with E-state index in [9.17, 15) is 18.0 Å². The summed E-state index contributed by atoms with van der Waals surface area (Å²) in [5.41, 5.74) is 3.33. The summed E-state index contributed by atoms with van der Waals surface area (Å²) in [6.07, 6.45) is -4.50. The van der Waals surface area contributed by atoms with Crippen LogP contribution in [0.4, 0.5) is 23.7 Å². The van der Waals surface area contributed by atoms with Crippen LogP contribution in [-0.4, -0.2) is 6.03 Å². The fraction of sp³-hybridized carbons (Fsp3) is 0.214. The molecule has 1 aromatic heterocycles. The van der Waals surface area contributed by atoms with Crippen LogP contribution in [0.3, 0.4) is 0 Å². The molecule has 0 aliphatic heterocycles. The molecule has 0 spiro atoms. The first kappa shape index (κ1) is 17.2. The Morgan fingerprint density at radius 3 is 2.65 bits per heavy atom. The predicted molar refractivity (Wildman–Crippen MR) is 80.8 cm³/mol. The van der Waals surface area contributed by atoms with Crippen LogP contribution < -0.4 is 16.6 Å². The van der Waals surface area contributed by atoms with Gasteiger partial charge in [0.25, 0.3) is 0 Å². The SMILES string of the molecule is Cc1cccc(NC(=O)NN)c1SCc1ccc(C(F)(F)F)o1. The number of carbonyl (C=O) groups excluding carboxylic acids is 1. The number of anilines is 1. The summed E-state index contributed by atoms with van der Waals surface area (Å²) in [5, 5.41) is 2.56. The van der Waals surface area contributed by atoms with Crippen molar-refractivity contribution >= 4 is 23.5 Å². The van der Waals surface area contributed by atoms with Gasteiger partial charge in [-0.1, -0.05) is 12.1 Å². The van der Waals surface area contributed by atoms with Gasteiger partial charge in [-0.05, 0) is 30.7 Å². The van der Waals surface area contributed by atoms with E-state index in [1.807, 2.05) is 18.4 Å². The fourth-order valence-electron chi connectivity index (χ4n) is 1.85. The number of aryl methyl sites for hydroxylation is 1. The highest BCUT2D eigenvalue weighted by molar-refractivity contribution is 7.98. The maximum absolute atomic E-state index is 12.5. The molecular weight excluding hydrogens is 331 g/mol. The quantitative estimate of drug-likeness (QED) is 0.340. The lowest BCUT2D eigenvalue weighted by Crippen LogP contribution is -2.34. The smallest absolute Gasteiger partial charge is 0.449 e. The third kappa shape index (κ3) is 4.42. The number of amides is 2. The molecule has 23 heavy (non-hydrogen) atoms. The van der Waals surface area contributed by atoms with Crippen molar-refractivity contribution in [1.29, 1.82) is 0 Å². The van der Waals surface area contributed by atoms with Crippen LogP contribution in [-0.2, 0) is 11.9 Å². The van der Waals surface area contributed by atoms with Crippen molar-refractivity contribution in [1.82, 2.24) is 5.43 Å². The number of thioether (sulfide) groups is 1. The highest BCUT2D eigenvalue weighted by Gasteiger charge is 2.34. The van der Waals surface area contributed by atoms with Crippen molar-refractivity contribution in [3.05, 3.63) is 47.4 Å². The van der Waals surface area contributed by atoms with Crippen molar-refractivity contribution in [2.75, 3.05) is 5.32 Å². The molecule has 0 fully saturated rings. The number of urea groups is 1. The van der Waals surface area contributed by atoms with Crippen molar-refractivity contribution < 1.29 is 22.4 Å². The molecule has 0 aliphatic carbocycles. The molecule has 2 rings (SSSR count). The van der Waals surface area contributed by atoms with E-state index in [-0.39, 0.29) is 11.5 Å². The van der Waals surface area contributed by atoms with Crippen molar-refractivity contribution in [3.63, 3.8) is 0 Å². The number of hydrogen-bond acceptors (Lipinski definition) is 4. The number of halogens is 3. The lowest BCUT2D eigenvalue weighted by molar-refractivity contribution is -0.153. The zero-order valence-electron chi connectivity index (χ0n) is 12.0. The van der Waals surface area contributed by atoms with Gasteiger partial charge in [0.2, 0.25) is 5.76 Å². The molecule has 1 heterocycles. The molecule has 0 unspecified atom stereocenters. The highest BCUT2D eigenvalue weighted by atomic mass is 32.2. The number of alkyl halides is 3. The monoisotopic (exact) mass is 345 g/mol. The first-order valence-corrected chi connectivity index (χ1v) is 7.45. The minimum absolute atomic E-state index is 0.194. The molecule has 1 aromatic carbocycles. The van der Waals surface area contributed by atoms with Gasteiger partial charge < -0.3 is 9.73 Å². The van der Waals surface area contributed by atoms with Crippen LogP contribution in [0.1, 0.15) is 17.1 Å². The number of nitrogens with one attached hydrogen (secondary N) is 2. The van der Waals surface area contributed by atoms with E-state index in [0.717, 1.165) is 16.5 Å². The van der Waals surface area contributed by atoms with Crippen LogP contribution in [0.25, 0.3) is 0 Å². The molecule has 9 heteroatoms. The molecule has 0 saturated heterocycles. The van der Waals surface area contributed by atoms with E-state index < -0.39 is 18.0 Å². The van der Waals surface area contributed by atoms with Gasteiger partial charge in [0.15, 0.2) is 0 Å². The van der Waals surface area contributed by atoms with Crippen molar-refractivity contribution in [3.8, 4) is 0 Å². The number of hydrogen-bond donors (Lipinski definition) is 3. The van der Waals surface area contributed by atoms with Gasteiger partial charge in [-0.3, -0.25) is 5.43 Å². The van der Waals surface area contributed by atoms with Crippen molar-refractivity contribution in [2.45, 2.75) is 23.7 Å². The van der Waals surface area contributed by atoms with Crippen molar-refractivity contribution in [2.24, 2.45) is 5.84 Å². The zero-order chi connectivity index (χ0) is 17.0. The van der Waals surface area contributed by atoms with Gasteiger partial charge in [-0.2, -0.15) is 13.2 Å². The third-order valence-corrected chi connectivity index (χ3v) is 4.15. The molecule has 2 aromatic rings. The van der Waals surface area contributed by atoms with E-state index in [1.54, 1.807) is 12.1 Å². The van der Waals surface area contributed by atoms with Crippen LogP contribution in [0.2, 0.25) is 0 Å². The number of carbonyl (C=O) groups is 1. The Labute approximate surface area is 134 Å². The Morgan fingerprint density at radius 2 is 2.04 bits per heavy atom. The lowest BCUT2D eigenvalue weighted by Gasteiger charge is -2.12. The Hall–Kier alpha value is -2.13. The summed E-state index contributed by atoms with van der Waals surface area (Å²) in [7, 11) is 0. The normalized spacial score (nSPS) is 11.3. The number of nitrogens with two attached hydrogens (primary N) is 1. The number of benzene rings is 1. The maximum atomic E-state index is 12.5. The summed E-state index contributed by atoms with van der Waals surface area (Å²) in [6, 6.07) is 6.85. The topological polar surface area (TPSA) is 80.3 Å². The van der Waals surface area contributed by atoms with E-state index in [4.69, 9.17) is 10.3 Å². The Balaban J connectivity index is 2.14. The molecular formula is C14H14F3N3O2S. The number of hydrazine groups is 1. The zero-order valence-corrected chi connectivity index (χ0v) is 12.8. The van der Waals surface area contributed by atoms with Gasteiger partial charge in [0.05, 0.1) is 11.4 Å². The van der Waals surface area contributed by atoms with Gasteiger partial charge in [0, 0.05) is 4.90 Å². The minimum atomic E-state index is -4.50. The summed E-state index contributed by atoms with van der Waals surface area (Å²) >= 11 is 1.26. The van der Waals surface area contributed by atoms with Crippen LogP contribution in [0.5, 0.6) is 0 Å². The van der Waals surface area contributed by atoms with E-state index >= 15 is 0 Å². The molecule has 0 aliphatic rings. The second-order valence-electron chi connectivity index (χ2n) is 4.60. The minimum Gasteiger partial charge on any atom is -0.456 e. The third-order valence-electron chi connectivity index (χ3n) is 2.89. The van der Waals surface area contributed by atoms with E-state index in [2.05, 4.69) is 5.32 Å². The fourth-order valence-corrected chi connectivity index (χ4v) is 2.86. The molecule has 5 nitrogen and oxygen atoms in total.